The van der Waals surface area contributed by atoms with Gasteiger partial charge < -0.3 is 0 Å². The first-order valence-corrected chi connectivity index (χ1v) is 4.28. The number of rotatable bonds is 1. The van der Waals surface area contributed by atoms with E-state index in [1.165, 1.54) is 0 Å². The third kappa shape index (κ3) is 1.40. The van der Waals surface area contributed by atoms with E-state index in [9.17, 15) is 5.11 Å². The number of hydrogen-bond donors (Lipinski definition) is 0. The molecule has 1 heterocycles. The molecule has 2 rings (SSSR count). The Morgan fingerprint density at radius 1 is 1.23 bits per heavy atom. The lowest BCUT2D eigenvalue weighted by Gasteiger charge is -2.05. The highest BCUT2D eigenvalue weighted by atomic mass is 16.3. The van der Waals surface area contributed by atoms with Gasteiger partial charge in [0.15, 0.2) is 0 Å². The minimum Gasteiger partial charge on any atom is -0.256 e. The summed E-state index contributed by atoms with van der Waals surface area (Å²) in [6, 6.07) is 9.45. The number of hydrogen-bond acceptors (Lipinski definition) is 1. The van der Waals surface area contributed by atoms with Crippen molar-refractivity contribution in [1.29, 1.82) is 0 Å². The van der Waals surface area contributed by atoms with E-state index >= 15 is 0 Å². The minimum atomic E-state index is -0.687. The van der Waals surface area contributed by atoms with Crippen molar-refractivity contribution < 1.29 is 5.11 Å². The molecule has 2 heteroatoms. The Labute approximate surface area is 76.9 Å². The van der Waals surface area contributed by atoms with Crippen LogP contribution in [0.15, 0.2) is 36.5 Å². The Hall–Kier alpha value is -1.41. The Balaban J connectivity index is 2.76. The maximum Gasteiger partial charge on any atom is 0.116 e. The summed E-state index contributed by atoms with van der Waals surface area (Å²) in [6.45, 7) is 1.65. The van der Waals surface area contributed by atoms with Gasteiger partial charge in [0.2, 0.25) is 0 Å². The molecular weight excluding hydrogens is 162 g/mol. The van der Waals surface area contributed by atoms with Crippen LogP contribution in [0, 0.1) is 0 Å². The third-order valence-electron chi connectivity index (χ3n) is 2.12. The van der Waals surface area contributed by atoms with Gasteiger partial charge in [0.25, 0.3) is 0 Å². The highest BCUT2D eigenvalue weighted by Gasteiger charge is 2.06. The first-order valence-electron chi connectivity index (χ1n) is 4.28. The number of pyridine rings is 1. The van der Waals surface area contributed by atoms with Crippen LogP contribution < -0.4 is 0 Å². The van der Waals surface area contributed by atoms with Crippen LogP contribution in [0.1, 0.15) is 18.6 Å². The molecule has 1 unspecified atom stereocenters. The van der Waals surface area contributed by atoms with Gasteiger partial charge in [0.05, 0.1) is 5.52 Å². The van der Waals surface area contributed by atoms with Gasteiger partial charge in [-0.05, 0) is 24.6 Å². The van der Waals surface area contributed by atoms with Crippen molar-refractivity contribution >= 4 is 10.9 Å². The number of benzene rings is 1. The second-order valence-electron chi connectivity index (χ2n) is 3.06. The molecule has 1 aromatic heterocycles. The Morgan fingerprint density at radius 2 is 2.08 bits per heavy atom. The predicted molar refractivity (Wildman–Crippen MR) is 50.8 cm³/mol. The van der Waals surface area contributed by atoms with Crippen molar-refractivity contribution in [2.45, 2.75) is 13.0 Å². The van der Waals surface area contributed by atoms with Crippen LogP contribution in [-0.4, -0.2) is 4.98 Å². The molecule has 1 atom stereocenters. The summed E-state index contributed by atoms with van der Waals surface area (Å²) in [4.78, 5) is 4.19. The smallest absolute Gasteiger partial charge is 0.116 e. The second-order valence-corrected chi connectivity index (χ2v) is 3.06. The maximum atomic E-state index is 11.3. The largest absolute Gasteiger partial charge is 0.256 e. The van der Waals surface area contributed by atoms with Crippen molar-refractivity contribution in [3.05, 3.63) is 42.1 Å². The van der Waals surface area contributed by atoms with Gasteiger partial charge in [-0.1, -0.05) is 18.2 Å². The summed E-state index contributed by atoms with van der Waals surface area (Å²) in [6.07, 6.45) is 1.05. The normalized spacial score (nSPS) is 13.1. The van der Waals surface area contributed by atoms with Gasteiger partial charge in [-0.25, -0.2) is 5.11 Å². The Kier molecular flexibility index (Phi) is 1.99. The van der Waals surface area contributed by atoms with E-state index in [1.807, 2.05) is 30.3 Å². The van der Waals surface area contributed by atoms with E-state index in [0.717, 1.165) is 16.5 Å². The van der Waals surface area contributed by atoms with Gasteiger partial charge in [0.1, 0.15) is 6.10 Å². The monoisotopic (exact) mass is 172 g/mol. The van der Waals surface area contributed by atoms with Crippen LogP contribution >= 0.6 is 0 Å². The highest BCUT2D eigenvalue weighted by Crippen LogP contribution is 2.22. The first kappa shape index (κ1) is 8.20. The van der Waals surface area contributed by atoms with Crippen molar-refractivity contribution in [1.82, 2.24) is 4.98 Å². The molecule has 0 aliphatic carbocycles. The zero-order valence-corrected chi connectivity index (χ0v) is 7.40. The molecular formula is C11H10NO. The fourth-order valence-electron chi connectivity index (χ4n) is 1.48. The molecule has 0 N–H and O–H groups in total. The lowest BCUT2D eigenvalue weighted by molar-refractivity contribution is 0.107. The molecule has 2 aromatic rings. The van der Waals surface area contributed by atoms with Gasteiger partial charge in [-0.3, -0.25) is 4.98 Å². The SMILES string of the molecule is CC([O])c1cccc2ncccc12. The van der Waals surface area contributed by atoms with Crippen molar-refractivity contribution in [2.24, 2.45) is 0 Å². The molecule has 0 aliphatic rings. The molecule has 0 fully saturated rings. The van der Waals surface area contributed by atoms with Crippen molar-refractivity contribution in [3.63, 3.8) is 0 Å². The summed E-state index contributed by atoms with van der Waals surface area (Å²) in [5.41, 5.74) is 1.72. The van der Waals surface area contributed by atoms with Crippen LogP contribution in [0.4, 0.5) is 0 Å². The summed E-state index contributed by atoms with van der Waals surface area (Å²) in [5, 5.41) is 12.3. The summed E-state index contributed by atoms with van der Waals surface area (Å²) >= 11 is 0. The third-order valence-corrected chi connectivity index (χ3v) is 2.12. The van der Waals surface area contributed by atoms with E-state index in [-0.39, 0.29) is 0 Å². The standard InChI is InChI=1S/C11H10NO/c1-8(13)9-4-2-6-11-10(9)5-3-7-12-11/h2-8H,1H3. The molecule has 0 bridgehead atoms. The van der Waals surface area contributed by atoms with Gasteiger partial charge >= 0.3 is 0 Å². The zero-order valence-electron chi connectivity index (χ0n) is 7.40. The molecule has 0 amide bonds. The zero-order chi connectivity index (χ0) is 9.26. The molecule has 1 aromatic carbocycles. The van der Waals surface area contributed by atoms with E-state index < -0.39 is 6.10 Å². The summed E-state index contributed by atoms with van der Waals surface area (Å²) < 4.78 is 0. The Bertz CT molecular complexity index is 418. The van der Waals surface area contributed by atoms with Gasteiger partial charge in [-0.2, -0.15) is 0 Å². The average Bonchev–Trinajstić information content (AvgIpc) is 2.17. The average molecular weight is 172 g/mol. The second kappa shape index (κ2) is 3.15. The fourth-order valence-corrected chi connectivity index (χ4v) is 1.48. The lowest BCUT2D eigenvalue weighted by atomic mass is 10.0. The first-order chi connectivity index (χ1) is 6.29. The molecule has 0 spiro atoms. The fraction of sp³-hybridized carbons (Fsp3) is 0.182. The number of fused-ring (bicyclic) bond motifs is 1. The molecule has 0 saturated carbocycles. The van der Waals surface area contributed by atoms with Crippen LogP contribution in [0.5, 0.6) is 0 Å². The highest BCUT2D eigenvalue weighted by molar-refractivity contribution is 5.82. The lowest BCUT2D eigenvalue weighted by Crippen LogP contribution is -1.91. The van der Waals surface area contributed by atoms with Crippen molar-refractivity contribution in [2.75, 3.05) is 0 Å². The molecule has 13 heavy (non-hydrogen) atoms. The van der Waals surface area contributed by atoms with Crippen LogP contribution in [-0.2, 0) is 5.11 Å². The molecule has 2 nitrogen and oxygen atoms in total. The quantitative estimate of drug-likeness (QED) is 0.651. The van der Waals surface area contributed by atoms with Crippen LogP contribution in [0.3, 0.4) is 0 Å². The summed E-state index contributed by atoms with van der Waals surface area (Å²) in [7, 11) is 0. The molecule has 65 valence electrons. The van der Waals surface area contributed by atoms with E-state index in [1.54, 1.807) is 13.1 Å². The van der Waals surface area contributed by atoms with E-state index in [4.69, 9.17) is 0 Å². The predicted octanol–water partition coefficient (Wildman–Crippen LogP) is 2.73. The minimum absolute atomic E-state index is 0.687. The summed E-state index contributed by atoms with van der Waals surface area (Å²) in [5.74, 6) is 0. The van der Waals surface area contributed by atoms with Crippen LogP contribution in [0.2, 0.25) is 0 Å². The maximum absolute atomic E-state index is 11.3. The van der Waals surface area contributed by atoms with Crippen LogP contribution in [0.25, 0.3) is 10.9 Å². The molecule has 1 radical (unpaired) electrons. The molecule has 0 saturated heterocycles. The number of nitrogens with zero attached hydrogens (tertiary/aromatic N) is 1. The Morgan fingerprint density at radius 3 is 2.85 bits per heavy atom. The topological polar surface area (TPSA) is 32.8 Å². The van der Waals surface area contributed by atoms with Gasteiger partial charge in [0, 0.05) is 11.6 Å². The molecule has 0 aliphatic heterocycles. The number of aromatic nitrogens is 1. The van der Waals surface area contributed by atoms with E-state index in [2.05, 4.69) is 4.98 Å². The van der Waals surface area contributed by atoms with Crippen molar-refractivity contribution in [3.8, 4) is 0 Å². The van der Waals surface area contributed by atoms with E-state index in [0.29, 0.717) is 0 Å². The van der Waals surface area contributed by atoms with Gasteiger partial charge in [-0.15, -0.1) is 0 Å².